The first-order valence-electron chi connectivity index (χ1n) is 15.3. The predicted octanol–water partition coefficient (Wildman–Crippen LogP) is 6.10. The van der Waals surface area contributed by atoms with Crippen LogP contribution in [0.3, 0.4) is 0 Å². The Hall–Kier alpha value is -2.90. The largest absolute Gasteiger partial charge is 0.356 e. The summed E-state index contributed by atoms with van der Waals surface area (Å²) in [5.41, 5.74) is 1.04. The second-order valence-corrected chi connectivity index (χ2v) is 13.4. The highest BCUT2D eigenvalue weighted by Gasteiger charge is 2.15. The Morgan fingerprint density at radius 1 is 0.595 bits per heavy atom. The molecule has 244 valence electrons. The molecule has 0 bridgehead atoms. The van der Waals surface area contributed by atoms with Crippen LogP contribution in [0.25, 0.3) is 0 Å². The van der Waals surface area contributed by atoms with E-state index in [-0.39, 0.29) is 58.9 Å². The van der Waals surface area contributed by atoms with Gasteiger partial charge in [0.1, 0.15) is 0 Å². The summed E-state index contributed by atoms with van der Waals surface area (Å²) < 4.78 is 0. The quantitative estimate of drug-likeness (QED) is 0.277. The van der Waals surface area contributed by atoms with Crippen molar-refractivity contribution in [3.8, 4) is 0 Å². The van der Waals surface area contributed by atoms with Gasteiger partial charge in [-0.05, 0) is 46.1 Å². The SMILES string of the molecule is CC(C)C(=O)NC(C)(C)C.CC(C)C(=O)NCc1ccccc1.CC(C)CNC(=O)C(C)C.CC(C)NC(=O)C(C)C. The van der Waals surface area contributed by atoms with Crippen molar-refractivity contribution in [2.75, 3.05) is 6.54 Å². The van der Waals surface area contributed by atoms with E-state index in [1.807, 2.05) is 120 Å². The van der Waals surface area contributed by atoms with Crippen molar-refractivity contribution in [2.24, 2.45) is 29.6 Å². The highest BCUT2D eigenvalue weighted by Crippen LogP contribution is 2.01. The lowest BCUT2D eigenvalue weighted by atomic mass is 10.1. The Balaban J connectivity index is -0.000000489. The van der Waals surface area contributed by atoms with E-state index in [4.69, 9.17) is 0 Å². The minimum Gasteiger partial charge on any atom is -0.356 e. The topological polar surface area (TPSA) is 116 Å². The number of benzene rings is 1. The Bertz CT molecular complexity index is 871. The second-order valence-electron chi connectivity index (χ2n) is 13.4. The molecule has 1 rings (SSSR count). The van der Waals surface area contributed by atoms with Gasteiger partial charge >= 0.3 is 0 Å². The maximum absolute atomic E-state index is 11.2. The zero-order valence-electron chi connectivity index (χ0n) is 29.4. The molecule has 1 aromatic rings. The molecule has 0 spiro atoms. The third-order valence-corrected chi connectivity index (χ3v) is 5.02. The van der Waals surface area contributed by atoms with Gasteiger partial charge in [-0.15, -0.1) is 0 Å². The number of carbonyl (C=O) groups is 4. The minimum atomic E-state index is -0.0959. The Morgan fingerprint density at radius 2 is 1.00 bits per heavy atom. The summed E-state index contributed by atoms with van der Waals surface area (Å²) in [5, 5.41) is 11.4. The molecule has 0 unspecified atom stereocenters. The Labute approximate surface area is 258 Å². The van der Waals surface area contributed by atoms with Gasteiger partial charge in [0.2, 0.25) is 23.6 Å². The summed E-state index contributed by atoms with van der Waals surface area (Å²) in [5.74, 6) is 1.40. The van der Waals surface area contributed by atoms with Gasteiger partial charge in [-0.25, -0.2) is 0 Å². The maximum atomic E-state index is 11.2. The third-order valence-electron chi connectivity index (χ3n) is 5.02. The monoisotopic (exact) mass is 592 g/mol. The van der Waals surface area contributed by atoms with Gasteiger partial charge in [0, 0.05) is 48.3 Å². The van der Waals surface area contributed by atoms with Crippen LogP contribution in [0.5, 0.6) is 0 Å². The number of nitrogens with one attached hydrogen (secondary N) is 4. The predicted molar refractivity (Wildman–Crippen MR) is 177 cm³/mol. The average Bonchev–Trinajstić information content (AvgIpc) is 2.85. The first-order valence-corrected chi connectivity index (χ1v) is 15.3. The molecule has 4 N–H and O–H groups in total. The molecule has 8 nitrogen and oxygen atoms in total. The zero-order valence-corrected chi connectivity index (χ0v) is 29.4. The maximum Gasteiger partial charge on any atom is 0.222 e. The van der Waals surface area contributed by atoms with Crippen LogP contribution in [0.1, 0.15) is 109 Å². The van der Waals surface area contributed by atoms with Crippen LogP contribution in [0.2, 0.25) is 0 Å². The number of amides is 4. The lowest BCUT2D eigenvalue weighted by Crippen LogP contribution is -2.42. The highest BCUT2D eigenvalue weighted by molar-refractivity contribution is 5.79. The van der Waals surface area contributed by atoms with E-state index in [0.717, 1.165) is 12.1 Å². The smallest absolute Gasteiger partial charge is 0.222 e. The van der Waals surface area contributed by atoms with Gasteiger partial charge < -0.3 is 21.3 Å². The fraction of sp³-hybridized carbons (Fsp3) is 0.706. The van der Waals surface area contributed by atoms with Gasteiger partial charge in [-0.2, -0.15) is 0 Å². The van der Waals surface area contributed by atoms with Crippen molar-refractivity contribution in [1.82, 2.24) is 21.3 Å². The van der Waals surface area contributed by atoms with E-state index in [2.05, 4.69) is 35.1 Å². The van der Waals surface area contributed by atoms with Crippen LogP contribution in [-0.4, -0.2) is 41.8 Å². The van der Waals surface area contributed by atoms with Crippen LogP contribution in [0.4, 0.5) is 0 Å². The van der Waals surface area contributed by atoms with Crippen LogP contribution in [-0.2, 0) is 25.7 Å². The van der Waals surface area contributed by atoms with Crippen molar-refractivity contribution in [2.45, 2.75) is 122 Å². The van der Waals surface area contributed by atoms with Crippen molar-refractivity contribution < 1.29 is 19.2 Å². The lowest BCUT2D eigenvalue weighted by Gasteiger charge is -2.21. The molecule has 8 heteroatoms. The molecule has 0 aliphatic rings. The summed E-state index contributed by atoms with van der Waals surface area (Å²) in [4.78, 5) is 44.0. The molecule has 42 heavy (non-hydrogen) atoms. The number of carbonyl (C=O) groups excluding carboxylic acids is 4. The molecule has 0 aliphatic heterocycles. The molecular formula is C34H64N4O4. The summed E-state index contributed by atoms with van der Waals surface area (Å²) in [6, 6.07) is 10.2. The first kappa shape index (κ1) is 43.6. The van der Waals surface area contributed by atoms with Gasteiger partial charge in [-0.1, -0.05) is 99.6 Å². The zero-order chi connectivity index (χ0) is 33.6. The third kappa shape index (κ3) is 30.1. The minimum absolute atomic E-state index is 0.0590. The molecule has 0 saturated carbocycles. The van der Waals surface area contributed by atoms with Crippen molar-refractivity contribution in [1.29, 1.82) is 0 Å². The summed E-state index contributed by atoms with van der Waals surface area (Å²) >= 11 is 0. The molecule has 0 fully saturated rings. The van der Waals surface area contributed by atoms with Crippen LogP contribution in [0, 0.1) is 29.6 Å². The molecule has 1 aromatic carbocycles. The number of hydrogen-bond acceptors (Lipinski definition) is 4. The molecule has 0 saturated heterocycles. The standard InChI is InChI=1S/C11H15NO.2C8H17NO.C7H15NO/c1-9(2)11(13)12-8-10-6-4-3-5-7-10;1-6(2)7(10)9-8(3,4)5;1-6(2)5-9-8(10)7(3)4;1-5(2)7(9)8-6(3)4/h3-7,9H,8H2,1-2H3,(H,12,13);6H,1-5H3,(H,9,10);6-7H,5H2,1-4H3,(H,9,10);5-6H,1-4H3,(H,8,9). The van der Waals surface area contributed by atoms with E-state index < -0.39 is 0 Å². The molecule has 0 radical (unpaired) electrons. The molecular weight excluding hydrogens is 528 g/mol. The summed E-state index contributed by atoms with van der Waals surface area (Å²) in [6.07, 6.45) is 0. The molecule has 0 atom stereocenters. The average molecular weight is 593 g/mol. The lowest BCUT2D eigenvalue weighted by molar-refractivity contribution is -0.126. The van der Waals surface area contributed by atoms with Gasteiger partial charge in [-0.3, -0.25) is 19.2 Å². The van der Waals surface area contributed by atoms with E-state index in [1.54, 1.807) is 0 Å². The molecule has 0 aromatic heterocycles. The highest BCUT2D eigenvalue weighted by atomic mass is 16.2. The van der Waals surface area contributed by atoms with Crippen molar-refractivity contribution >= 4 is 23.6 Å². The van der Waals surface area contributed by atoms with E-state index in [9.17, 15) is 19.2 Å². The molecule has 0 aliphatic carbocycles. The first-order chi connectivity index (χ1) is 19.1. The molecule has 4 amide bonds. The van der Waals surface area contributed by atoms with Crippen molar-refractivity contribution in [3.05, 3.63) is 35.9 Å². The van der Waals surface area contributed by atoms with Gasteiger partial charge in [0.25, 0.3) is 0 Å². The van der Waals surface area contributed by atoms with E-state index in [1.165, 1.54) is 0 Å². The molecule has 0 heterocycles. The van der Waals surface area contributed by atoms with E-state index >= 15 is 0 Å². The van der Waals surface area contributed by atoms with Crippen LogP contribution < -0.4 is 21.3 Å². The summed E-state index contributed by atoms with van der Waals surface area (Å²) in [6.45, 7) is 30.6. The van der Waals surface area contributed by atoms with Crippen molar-refractivity contribution in [3.63, 3.8) is 0 Å². The van der Waals surface area contributed by atoms with Gasteiger partial charge in [0.15, 0.2) is 0 Å². The fourth-order valence-electron chi connectivity index (χ4n) is 2.46. The van der Waals surface area contributed by atoms with Crippen LogP contribution in [0.15, 0.2) is 30.3 Å². The normalized spacial score (nSPS) is 10.7. The second kappa shape index (κ2) is 23.6. The Morgan fingerprint density at radius 3 is 1.29 bits per heavy atom. The van der Waals surface area contributed by atoms with Crippen LogP contribution >= 0.6 is 0 Å². The van der Waals surface area contributed by atoms with E-state index in [0.29, 0.717) is 12.5 Å². The summed E-state index contributed by atoms with van der Waals surface area (Å²) in [7, 11) is 0. The van der Waals surface area contributed by atoms with Gasteiger partial charge in [0.05, 0.1) is 0 Å². The number of hydrogen-bond donors (Lipinski definition) is 4. The number of rotatable bonds is 9. The Kier molecular flexibility index (Phi) is 24.5. The fourth-order valence-corrected chi connectivity index (χ4v) is 2.46.